The lowest BCUT2D eigenvalue weighted by atomic mass is 9.83. The predicted molar refractivity (Wildman–Crippen MR) is 314 cm³/mol. The third kappa shape index (κ3) is 17.1. The molecule has 7 amide bonds. The molecule has 18 nitrogen and oxygen atoms in total. The van der Waals surface area contributed by atoms with Crippen molar-refractivity contribution in [2.75, 3.05) is 85.8 Å². The molecule has 2 saturated carbocycles. The van der Waals surface area contributed by atoms with E-state index in [4.69, 9.17) is 15.2 Å². The van der Waals surface area contributed by atoms with Crippen LogP contribution in [0.25, 0.3) is 11.1 Å². The largest absolute Gasteiger partial charge is 0.377 e. The van der Waals surface area contributed by atoms with Crippen molar-refractivity contribution >= 4 is 41.4 Å². The highest BCUT2D eigenvalue weighted by atomic mass is 16.5. The predicted octanol–water partition coefficient (Wildman–Crippen LogP) is 4.99. The van der Waals surface area contributed by atoms with Crippen molar-refractivity contribution in [3.05, 3.63) is 131 Å². The van der Waals surface area contributed by atoms with E-state index >= 15 is 0 Å². The molecule has 2 aliphatic carbocycles. The topological polar surface area (TPSA) is 225 Å². The number of amides is 7. The molecule has 0 unspecified atom stereocenters. The SMILES string of the molecule is CN[C@@H](C)C(=O)N[C@H](C(=O)N1CCOC[C@H]1CN(CCc1ccccc1)C(=O)CNC(=O)c1ccc(-c2ccc(C(=O)NCC(=O)N(CCc3ccccc3)C[C@@H]3COCCN3C(=O)[C@@H](N)C3CCCCC3)cc2)cc1)C1CCCCC1. The van der Waals surface area contributed by atoms with E-state index in [2.05, 4.69) is 21.3 Å². The standard InChI is InChI=1S/C64H85N9O9/c1-45(66-2)60(76)69-59(51-21-13-6-14-22-51)64(80)73-36-38-82-44-55(73)42-71(34-32-47-17-9-4-10-18-47)57(75)40-68-62(78)53-29-25-49(26-30-53)48-23-27-52(28-24-48)61(77)67-39-56(74)70(33-31-46-15-7-3-8-16-46)41-54-43-81-37-35-72(54)63(79)58(65)50-19-11-5-12-20-50/h3-4,7-10,15-18,23-30,45,50-51,54-55,58-59,66H,5-6,11-14,19-22,31-44,65H2,1-2H3,(H,67,77)(H,68,78)(H,69,76)/t45-,54+,55+,58-,59-/m0/s1. The fourth-order valence-electron chi connectivity index (χ4n) is 11.8. The van der Waals surface area contributed by atoms with Crippen LogP contribution in [0.5, 0.6) is 0 Å². The Morgan fingerprint density at radius 2 is 1.00 bits per heavy atom. The highest BCUT2D eigenvalue weighted by Crippen LogP contribution is 2.30. The Balaban J connectivity index is 0.863. The van der Waals surface area contributed by atoms with Gasteiger partial charge in [-0.1, -0.05) is 123 Å². The number of nitrogens with one attached hydrogen (secondary N) is 4. The Kier molecular flexibility index (Phi) is 23.0. The quantitative estimate of drug-likeness (QED) is 0.0629. The van der Waals surface area contributed by atoms with Gasteiger partial charge in [0.05, 0.1) is 63.7 Å². The van der Waals surface area contributed by atoms with Crippen molar-refractivity contribution < 1.29 is 43.0 Å². The molecule has 6 N–H and O–H groups in total. The zero-order valence-corrected chi connectivity index (χ0v) is 47.9. The lowest BCUT2D eigenvalue weighted by Gasteiger charge is -2.42. The summed E-state index contributed by atoms with van der Waals surface area (Å²) < 4.78 is 11.8. The number of likely N-dealkylation sites (N-methyl/N-ethyl adjacent to an activating group) is 1. The van der Waals surface area contributed by atoms with Crippen LogP contribution in [0.1, 0.15) is 103 Å². The molecule has 4 aromatic rings. The minimum absolute atomic E-state index is 0.00815. The van der Waals surface area contributed by atoms with Gasteiger partial charge < -0.3 is 56.1 Å². The second-order valence-corrected chi connectivity index (χ2v) is 22.5. The van der Waals surface area contributed by atoms with Gasteiger partial charge in [-0.05, 0) is 111 Å². The van der Waals surface area contributed by atoms with Gasteiger partial charge in [-0.3, -0.25) is 33.6 Å². The molecule has 2 aliphatic heterocycles. The minimum Gasteiger partial charge on any atom is -0.377 e. The van der Waals surface area contributed by atoms with E-state index in [9.17, 15) is 33.6 Å². The van der Waals surface area contributed by atoms with Crippen molar-refractivity contribution in [2.24, 2.45) is 17.6 Å². The van der Waals surface area contributed by atoms with Crippen molar-refractivity contribution in [1.82, 2.24) is 40.9 Å². The summed E-state index contributed by atoms with van der Waals surface area (Å²) >= 11 is 0. The molecule has 0 spiro atoms. The number of hydrogen-bond donors (Lipinski definition) is 5. The monoisotopic (exact) mass is 1120 g/mol. The molecule has 2 heterocycles. The average molecular weight is 1120 g/mol. The third-order valence-electron chi connectivity index (χ3n) is 17.0. The molecule has 0 bridgehead atoms. The molecule has 82 heavy (non-hydrogen) atoms. The summed E-state index contributed by atoms with van der Waals surface area (Å²) in [6.07, 6.45) is 11.1. The molecule has 8 rings (SSSR count). The van der Waals surface area contributed by atoms with Crippen LogP contribution in [0.3, 0.4) is 0 Å². The number of hydrogen-bond acceptors (Lipinski definition) is 11. The highest BCUT2D eigenvalue weighted by Gasteiger charge is 2.40. The molecule has 0 aromatic heterocycles. The van der Waals surface area contributed by atoms with Gasteiger partial charge in [0, 0.05) is 50.4 Å². The average Bonchev–Trinajstić information content (AvgIpc) is 3.72. The maximum absolute atomic E-state index is 14.6. The summed E-state index contributed by atoms with van der Waals surface area (Å²) in [7, 11) is 1.71. The smallest absolute Gasteiger partial charge is 0.251 e. The third-order valence-corrected chi connectivity index (χ3v) is 17.0. The van der Waals surface area contributed by atoms with Gasteiger partial charge in [-0.15, -0.1) is 0 Å². The summed E-state index contributed by atoms with van der Waals surface area (Å²) in [4.78, 5) is 104. The molecule has 2 saturated heterocycles. The number of benzene rings is 4. The van der Waals surface area contributed by atoms with Crippen molar-refractivity contribution in [3.8, 4) is 11.1 Å². The van der Waals surface area contributed by atoms with Gasteiger partial charge in [0.2, 0.25) is 29.5 Å². The summed E-state index contributed by atoms with van der Waals surface area (Å²) in [5.41, 5.74) is 11.0. The zero-order valence-electron chi connectivity index (χ0n) is 47.9. The van der Waals surface area contributed by atoms with Gasteiger partial charge in [0.25, 0.3) is 11.8 Å². The lowest BCUT2D eigenvalue weighted by molar-refractivity contribution is -0.148. The van der Waals surface area contributed by atoms with Gasteiger partial charge in [-0.25, -0.2) is 0 Å². The van der Waals surface area contributed by atoms with Crippen molar-refractivity contribution in [2.45, 2.75) is 114 Å². The van der Waals surface area contributed by atoms with Crippen LogP contribution >= 0.6 is 0 Å². The minimum atomic E-state index is -0.691. The first-order chi connectivity index (χ1) is 39.9. The number of carbonyl (C=O) groups is 7. The van der Waals surface area contributed by atoms with E-state index < -0.39 is 36.0 Å². The van der Waals surface area contributed by atoms with E-state index in [0.717, 1.165) is 86.5 Å². The molecule has 5 atom stereocenters. The van der Waals surface area contributed by atoms with Crippen LogP contribution in [0.2, 0.25) is 0 Å². The Morgan fingerprint density at radius 3 is 1.44 bits per heavy atom. The van der Waals surface area contributed by atoms with E-state index in [0.29, 0.717) is 63.4 Å². The van der Waals surface area contributed by atoms with Crippen molar-refractivity contribution in [3.63, 3.8) is 0 Å². The number of rotatable bonds is 24. The first-order valence-corrected chi connectivity index (χ1v) is 29.8. The number of ether oxygens (including phenoxy) is 2. The number of carbonyl (C=O) groups excluding carboxylic acids is 7. The van der Waals surface area contributed by atoms with E-state index in [1.165, 1.54) is 0 Å². The lowest BCUT2D eigenvalue weighted by Crippen LogP contribution is -2.62. The zero-order chi connectivity index (χ0) is 57.8. The van der Waals surface area contributed by atoms with Gasteiger partial charge in [0.1, 0.15) is 6.04 Å². The normalized spacial score (nSPS) is 19.0. The number of morpholine rings is 2. The second-order valence-electron chi connectivity index (χ2n) is 22.5. The molecule has 0 radical (unpaired) electrons. The fourth-order valence-corrected chi connectivity index (χ4v) is 11.8. The molecule has 4 aromatic carbocycles. The number of nitrogens with zero attached hydrogens (tertiary/aromatic N) is 4. The Labute approximate surface area is 483 Å². The molecule has 18 heteroatoms. The highest BCUT2D eigenvalue weighted by molar-refractivity contribution is 5.98. The molecule has 4 aliphatic rings. The Hall–Kier alpha value is -6.99. The van der Waals surface area contributed by atoms with Crippen LogP contribution in [0, 0.1) is 11.8 Å². The van der Waals surface area contributed by atoms with Gasteiger partial charge >= 0.3 is 0 Å². The first-order valence-electron chi connectivity index (χ1n) is 29.8. The molecule has 4 fully saturated rings. The van der Waals surface area contributed by atoms with Crippen LogP contribution in [0.15, 0.2) is 109 Å². The van der Waals surface area contributed by atoms with E-state index in [1.807, 2.05) is 60.7 Å². The molecule has 440 valence electrons. The van der Waals surface area contributed by atoms with Crippen LogP contribution in [-0.2, 0) is 46.3 Å². The van der Waals surface area contributed by atoms with Crippen LogP contribution in [-0.4, -0.2) is 177 Å². The Morgan fingerprint density at radius 1 is 0.573 bits per heavy atom. The van der Waals surface area contributed by atoms with Gasteiger partial charge in [0.15, 0.2) is 0 Å². The van der Waals surface area contributed by atoms with Crippen LogP contribution < -0.4 is 27.0 Å². The van der Waals surface area contributed by atoms with Crippen LogP contribution in [0.4, 0.5) is 0 Å². The van der Waals surface area contributed by atoms with Gasteiger partial charge in [-0.2, -0.15) is 0 Å². The van der Waals surface area contributed by atoms with E-state index in [-0.39, 0.29) is 86.8 Å². The summed E-state index contributed by atoms with van der Waals surface area (Å²) in [5, 5.41) is 11.7. The first kappa shape index (κ1) is 61.1. The summed E-state index contributed by atoms with van der Waals surface area (Å²) in [6.45, 7) is 4.40. The van der Waals surface area contributed by atoms with E-state index in [1.54, 1.807) is 82.1 Å². The molecular formula is C64H85N9O9. The van der Waals surface area contributed by atoms with Crippen molar-refractivity contribution in [1.29, 1.82) is 0 Å². The molecular weight excluding hydrogens is 1040 g/mol. The maximum atomic E-state index is 14.6. The maximum Gasteiger partial charge on any atom is 0.251 e. The summed E-state index contributed by atoms with van der Waals surface area (Å²) in [5.74, 6) is -1.76. The number of nitrogens with two attached hydrogens (primary N) is 1. The summed E-state index contributed by atoms with van der Waals surface area (Å²) in [6, 6.07) is 31.0. The Bertz CT molecular complexity index is 2720. The fraction of sp³-hybridized carbons (Fsp3) is 0.516. The second kappa shape index (κ2) is 30.9.